The molecule has 176 valence electrons. The Kier molecular flexibility index (Phi) is 7.57. The molecular formula is C30H22N2O4. The van der Waals surface area contributed by atoms with Crippen LogP contribution in [0.1, 0.15) is 16.7 Å². The first-order valence-corrected chi connectivity index (χ1v) is 11.1. The van der Waals surface area contributed by atoms with Gasteiger partial charge in [-0.2, -0.15) is 5.26 Å². The van der Waals surface area contributed by atoms with Crippen LogP contribution in [0.5, 0.6) is 5.75 Å². The van der Waals surface area contributed by atoms with E-state index in [-0.39, 0.29) is 11.3 Å². The minimum absolute atomic E-state index is 0.0443. The topological polar surface area (TPSA) is 93.8 Å². The second-order valence-electron chi connectivity index (χ2n) is 7.79. The normalized spacial score (nSPS) is 11.2. The van der Waals surface area contributed by atoms with Crippen molar-refractivity contribution in [1.82, 2.24) is 0 Å². The van der Waals surface area contributed by atoms with Crippen molar-refractivity contribution in [3.8, 4) is 11.8 Å². The standard InChI is InChI=1S/C30H22N2O4/c31-21-25(30(33)34)20-24-16-13-23(19-29(24)36-35)12-11-22-14-17-28(18-15-22)32(26-7-3-1-4-8-26)27-9-5-2-6-10-27/h1-20,35H,(H,33,34)/b12-11+,25-20+. The number of nitrogens with zero attached hydrogens (tertiary/aromatic N) is 2. The molecule has 0 aliphatic rings. The molecule has 6 heteroatoms. The molecule has 4 aromatic carbocycles. The van der Waals surface area contributed by atoms with Crippen molar-refractivity contribution in [1.29, 1.82) is 5.26 Å². The fourth-order valence-corrected chi connectivity index (χ4v) is 3.68. The van der Waals surface area contributed by atoms with Gasteiger partial charge in [0.1, 0.15) is 11.6 Å². The van der Waals surface area contributed by atoms with Gasteiger partial charge in [0.25, 0.3) is 0 Å². The fraction of sp³-hybridized carbons (Fsp3) is 0. The summed E-state index contributed by atoms with van der Waals surface area (Å²) in [6.07, 6.45) is 4.91. The van der Waals surface area contributed by atoms with Crippen molar-refractivity contribution in [2.24, 2.45) is 0 Å². The summed E-state index contributed by atoms with van der Waals surface area (Å²) in [5, 5.41) is 27.2. The maximum absolute atomic E-state index is 11.1. The van der Waals surface area contributed by atoms with Gasteiger partial charge in [-0.05, 0) is 59.7 Å². The number of hydrogen-bond donors (Lipinski definition) is 2. The van der Waals surface area contributed by atoms with Crippen LogP contribution in [0.3, 0.4) is 0 Å². The molecule has 0 aromatic heterocycles. The Morgan fingerprint density at radius 3 is 1.83 bits per heavy atom. The zero-order chi connectivity index (χ0) is 25.3. The van der Waals surface area contributed by atoms with Gasteiger partial charge in [0, 0.05) is 22.6 Å². The van der Waals surface area contributed by atoms with E-state index in [1.807, 2.05) is 72.8 Å². The van der Waals surface area contributed by atoms with Crippen molar-refractivity contribution < 1.29 is 20.0 Å². The van der Waals surface area contributed by atoms with Crippen molar-refractivity contribution >= 4 is 41.3 Å². The second-order valence-corrected chi connectivity index (χ2v) is 7.79. The molecule has 0 saturated carbocycles. The minimum Gasteiger partial charge on any atom is -0.477 e. The molecule has 0 atom stereocenters. The molecule has 0 spiro atoms. The summed E-state index contributed by atoms with van der Waals surface area (Å²) in [7, 11) is 0. The average molecular weight is 475 g/mol. The van der Waals surface area contributed by atoms with Crippen LogP contribution in [-0.2, 0) is 4.79 Å². The van der Waals surface area contributed by atoms with Crippen LogP contribution >= 0.6 is 0 Å². The van der Waals surface area contributed by atoms with E-state index in [4.69, 9.17) is 10.4 Å². The lowest BCUT2D eigenvalue weighted by molar-refractivity contribution is -0.137. The highest BCUT2D eigenvalue weighted by Gasteiger charge is 2.12. The van der Waals surface area contributed by atoms with Crippen molar-refractivity contribution in [2.75, 3.05) is 4.90 Å². The molecular weight excluding hydrogens is 452 g/mol. The third-order valence-electron chi connectivity index (χ3n) is 5.43. The Balaban J connectivity index is 1.58. The van der Waals surface area contributed by atoms with E-state index in [0.29, 0.717) is 0 Å². The van der Waals surface area contributed by atoms with Gasteiger partial charge in [-0.15, -0.1) is 0 Å². The first kappa shape index (κ1) is 24.0. The van der Waals surface area contributed by atoms with Crippen LogP contribution in [0.25, 0.3) is 18.2 Å². The monoisotopic (exact) mass is 474 g/mol. The maximum atomic E-state index is 11.1. The van der Waals surface area contributed by atoms with Crippen molar-refractivity contribution in [3.05, 3.63) is 125 Å². The average Bonchev–Trinajstić information content (AvgIpc) is 2.92. The Bertz CT molecular complexity index is 1400. The predicted molar refractivity (Wildman–Crippen MR) is 141 cm³/mol. The van der Waals surface area contributed by atoms with Crippen LogP contribution in [0.4, 0.5) is 17.1 Å². The lowest BCUT2D eigenvalue weighted by Crippen LogP contribution is -2.09. The van der Waals surface area contributed by atoms with E-state index in [0.717, 1.165) is 34.3 Å². The summed E-state index contributed by atoms with van der Waals surface area (Å²) in [6, 6.07) is 34.9. The van der Waals surface area contributed by atoms with E-state index < -0.39 is 11.5 Å². The Morgan fingerprint density at radius 2 is 1.31 bits per heavy atom. The van der Waals surface area contributed by atoms with E-state index in [2.05, 4.69) is 34.1 Å². The number of hydrogen-bond acceptors (Lipinski definition) is 5. The van der Waals surface area contributed by atoms with Crippen LogP contribution < -0.4 is 9.79 Å². The molecule has 4 rings (SSSR count). The fourth-order valence-electron chi connectivity index (χ4n) is 3.68. The minimum atomic E-state index is -1.35. The number of anilines is 3. The van der Waals surface area contributed by atoms with E-state index in [9.17, 15) is 10.1 Å². The third kappa shape index (κ3) is 5.68. The molecule has 0 fully saturated rings. The van der Waals surface area contributed by atoms with Gasteiger partial charge >= 0.3 is 5.97 Å². The highest BCUT2D eigenvalue weighted by atomic mass is 17.1. The molecule has 6 nitrogen and oxygen atoms in total. The Hall–Kier alpha value is -5.12. The molecule has 0 amide bonds. The number of rotatable bonds is 8. The van der Waals surface area contributed by atoms with Gasteiger partial charge in [-0.25, -0.2) is 10.1 Å². The Morgan fingerprint density at radius 1 is 0.778 bits per heavy atom. The number of carboxylic acid groups (broad SMARTS) is 1. The molecule has 0 heterocycles. The lowest BCUT2D eigenvalue weighted by Gasteiger charge is -2.25. The first-order valence-electron chi connectivity index (χ1n) is 11.1. The van der Waals surface area contributed by atoms with Crippen molar-refractivity contribution in [2.45, 2.75) is 0 Å². The Labute approximate surface area is 208 Å². The number of aliphatic carboxylic acids is 1. The number of para-hydroxylation sites is 2. The largest absolute Gasteiger partial charge is 0.477 e. The summed E-state index contributed by atoms with van der Waals surface area (Å²) in [4.78, 5) is 17.7. The molecule has 2 N–H and O–H groups in total. The molecule has 0 aliphatic carbocycles. The predicted octanol–water partition coefficient (Wildman–Crippen LogP) is 7.17. The van der Waals surface area contributed by atoms with Crippen molar-refractivity contribution in [3.63, 3.8) is 0 Å². The summed E-state index contributed by atoms with van der Waals surface area (Å²) in [5.74, 6) is -1.31. The first-order chi connectivity index (χ1) is 17.6. The number of benzene rings is 4. The zero-order valence-electron chi connectivity index (χ0n) is 19.2. The maximum Gasteiger partial charge on any atom is 0.346 e. The summed E-state index contributed by atoms with van der Waals surface area (Å²) < 4.78 is 0. The molecule has 36 heavy (non-hydrogen) atoms. The molecule has 0 unspecified atom stereocenters. The van der Waals surface area contributed by atoms with Crippen LogP contribution in [0, 0.1) is 11.3 Å². The summed E-state index contributed by atoms with van der Waals surface area (Å²) >= 11 is 0. The molecule has 4 aromatic rings. The lowest BCUT2D eigenvalue weighted by atomic mass is 10.1. The quantitative estimate of drug-likeness (QED) is 0.0924. The van der Waals surface area contributed by atoms with E-state index in [1.165, 1.54) is 0 Å². The molecule has 0 saturated heterocycles. The van der Waals surface area contributed by atoms with Crippen LogP contribution in [0.2, 0.25) is 0 Å². The van der Waals surface area contributed by atoms with Gasteiger partial charge < -0.3 is 14.9 Å². The SMILES string of the molecule is N#C/C(=C\c1ccc(/C=C/c2ccc(N(c3ccccc3)c3ccccc3)cc2)cc1OO)C(=O)O. The molecule has 0 radical (unpaired) electrons. The second kappa shape index (κ2) is 11.3. The summed E-state index contributed by atoms with van der Waals surface area (Å²) in [5.41, 5.74) is 4.64. The smallest absolute Gasteiger partial charge is 0.346 e. The highest BCUT2D eigenvalue weighted by molar-refractivity contribution is 5.97. The zero-order valence-corrected chi connectivity index (χ0v) is 19.2. The van der Waals surface area contributed by atoms with Crippen LogP contribution in [-0.4, -0.2) is 16.3 Å². The van der Waals surface area contributed by atoms with E-state index in [1.54, 1.807) is 24.3 Å². The summed E-state index contributed by atoms with van der Waals surface area (Å²) in [6.45, 7) is 0. The van der Waals surface area contributed by atoms with Gasteiger partial charge in [0.2, 0.25) is 0 Å². The third-order valence-corrected chi connectivity index (χ3v) is 5.43. The molecule has 0 aliphatic heterocycles. The number of carboxylic acids is 1. The number of carbonyl (C=O) groups is 1. The van der Waals surface area contributed by atoms with Gasteiger partial charge in [0.05, 0.1) is 0 Å². The van der Waals surface area contributed by atoms with Gasteiger partial charge in [-0.3, -0.25) is 0 Å². The highest BCUT2D eigenvalue weighted by Crippen LogP contribution is 2.34. The van der Waals surface area contributed by atoms with Gasteiger partial charge in [-0.1, -0.05) is 72.8 Å². The number of nitriles is 1. The molecule has 0 bridgehead atoms. The van der Waals surface area contributed by atoms with Crippen LogP contribution in [0.15, 0.2) is 109 Å². The van der Waals surface area contributed by atoms with Gasteiger partial charge in [0.15, 0.2) is 5.75 Å². The van der Waals surface area contributed by atoms with E-state index >= 15 is 0 Å².